The molecule has 53 valence electrons. The first-order valence-electron chi connectivity index (χ1n) is 2.67. The maximum absolute atomic E-state index is 12.5. The average molecular weight is 159 g/mol. The summed E-state index contributed by atoms with van der Waals surface area (Å²) in [7, 11) is 0. The molecule has 1 radical (unpaired) electrons. The summed E-state index contributed by atoms with van der Waals surface area (Å²) in [4.78, 5) is 0. The Morgan fingerprint density at radius 1 is 1.50 bits per heavy atom. The van der Waals surface area contributed by atoms with Crippen molar-refractivity contribution >= 4 is 17.3 Å². The molecule has 0 unspecified atom stereocenters. The minimum atomic E-state index is -0.485. The molecular weight excluding hydrogens is 153 g/mol. The van der Waals surface area contributed by atoms with Crippen molar-refractivity contribution in [2.24, 2.45) is 0 Å². The predicted octanol–water partition coefficient (Wildman–Crippen LogP) is 2.24. The Kier molecular flexibility index (Phi) is 1.81. The van der Waals surface area contributed by atoms with Crippen molar-refractivity contribution < 1.29 is 4.39 Å². The van der Waals surface area contributed by atoms with Crippen LogP contribution < -0.4 is 5.73 Å². The number of anilines is 1. The Bertz CT molecular complexity index is 210. The van der Waals surface area contributed by atoms with Crippen molar-refractivity contribution in [2.45, 2.75) is 0 Å². The van der Waals surface area contributed by atoms with Gasteiger partial charge in [0.1, 0.15) is 5.82 Å². The second kappa shape index (κ2) is 2.46. The molecule has 0 aliphatic carbocycles. The zero-order valence-electron chi connectivity index (χ0n) is 5.20. The van der Waals surface area contributed by atoms with E-state index in [1.54, 1.807) is 0 Å². The van der Waals surface area contributed by atoms with Crippen LogP contribution in [-0.4, -0.2) is 0 Å². The molecule has 0 bridgehead atoms. The van der Waals surface area contributed by atoms with Crippen molar-refractivity contribution in [1.29, 1.82) is 0 Å². The third-order valence-corrected chi connectivity index (χ3v) is 1.47. The van der Waals surface area contributed by atoms with E-state index in [-0.39, 0.29) is 5.02 Å². The standard InChI is InChI=1S/C7H6ClFN/c1-4-2-6(9)5(8)3-7(4)10/h2-3H,1,10H2. The number of rotatable bonds is 0. The van der Waals surface area contributed by atoms with E-state index >= 15 is 0 Å². The Morgan fingerprint density at radius 2 is 2.10 bits per heavy atom. The highest BCUT2D eigenvalue weighted by Gasteiger charge is 2.01. The van der Waals surface area contributed by atoms with Crippen LogP contribution in [0.4, 0.5) is 10.1 Å². The van der Waals surface area contributed by atoms with Crippen molar-refractivity contribution in [3.05, 3.63) is 35.5 Å². The largest absolute Gasteiger partial charge is 0.398 e. The fourth-order valence-corrected chi connectivity index (χ4v) is 0.776. The molecule has 0 atom stereocenters. The lowest BCUT2D eigenvalue weighted by atomic mass is 10.2. The van der Waals surface area contributed by atoms with Crippen LogP contribution in [-0.2, 0) is 0 Å². The molecule has 0 amide bonds. The summed E-state index contributed by atoms with van der Waals surface area (Å²) < 4.78 is 12.5. The molecule has 1 rings (SSSR count). The molecule has 2 N–H and O–H groups in total. The summed E-state index contributed by atoms with van der Waals surface area (Å²) in [6.07, 6.45) is 0. The predicted molar refractivity (Wildman–Crippen MR) is 40.3 cm³/mol. The van der Waals surface area contributed by atoms with Crippen LogP contribution >= 0.6 is 11.6 Å². The molecule has 0 saturated carbocycles. The molecule has 10 heavy (non-hydrogen) atoms. The van der Waals surface area contributed by atoms with Crippen LogP contribution in [0, 0.1) is 12.7 Å². The lowest BCUT2D eigenvalue weighted by Gasteiger charge is -1.99. The van der Waals surface area contributed by atoms with Gasteiger partial charge in [-0.2, -0.15) is 0 Å². The topological polar surface area (TPSA) is 26.0 Å². The summed E-state index contributed by atoms with van der Waals surface area (Å²) in [6.45, 7) is 3.50. The zero-order valence-corrected chi connectivity index (χ0v) is 5.95. The molecule has 1 aromatic rings. The van der Waals surface area contributed by atoms with E-state index in [9.17, 15) is 4.39 Å². The fraction of sp³-hybridized carbons (Fsp3) is 0. The molecule has 0 aliphatic rings. The van der Waals surface area contributed by atoms with Gasteiger partial charge in [0, 0.05) is 5.69 Å². The number of hydrogen-bond acceptors (Lipinski definition) is 1. The lowest BCUT2D eigenvalue weighted by molar-refractivity contribution is 0.628. The molecular formula is C7H6ClFN. The van der Waals surface area contributed by atoms with E-state index in [4.69, 9.17) is 17.3 Å². The average Bonchev–Trinajstić information content (AvgIpc) is 1.84. The summed E-state index contributed by atoms with van der Waals surface area (Å²) in [6, 6.07) is 2.55. The minimum absolute atomic E-state index is 0.0323. The Labute approximate surface area is 63.6 Å². The number of benzene rings is 1. The molecule has 0 heterocycles. The normalized spacial score (nSPS) is 9.90. The van der Waals surface area contributed by atoms with Crippen LogP contribution in [0.25, 0.3) is 0 Å². The Hall–Kier alpha value is -0.760. The van der Waals surface area contributed by atoms with Crippen LogP contribution in [0.1, 0.15) is 5.56 Å². The van der Waals surface area contributed by atoms with Crippen molar-refractivity contribution in [1.82, 2.24) is 0 Å². The van der Waals surface area contributed by atoms with E-state index in [1.807, 2.05) is 0 Å². The van der Waals surface area contributed by atoms with Gasteiger partial charge in [-0.15, -0.1) is 0 Å². The lowest BCUT2D eigenvalue weighted by Crippen LogP contribution is -1.90. The van der Waals surface area contributed by atoms with Crippen LogP contribution in [0.5, 0.6) is 0 Å². The zero-order chi connectivity index (χ0) is 7.72. The van der Waals surface area contributed by atoms with Crippen LogP contribution in [0.15, 0.2) is 12.1 Å². The molecule has 1 nitrogen and oxygen atoms in total. The number of halogens is 2. The summed E-state index contributed by atoms with van der Waals surface area (Å²) >= 11 is 5.40. The van der Waals surface area contributed by atoms with Crippen molar-refractivity contribution in [3.63, 3.8) is 0 Å². The third-order valence-electron chi connectivity index (χ3n) is 1.18. The van der Waals surface area contributed by atoms with Gasteiger partial charge in [0.15, 0.2) is 0 Å². The van der Waals surface area contributed by atoms with Gasteiger partial charge in [-0.05, 0) is 24.6 Å². The summed E-state index contributed by atoms with van der Waals surface area (Å²) in [5, 5.41) is 0.0323. The molecule has 0 saturated heterocycles. The van der Waals surface area contributed by atoms with Gasteiger partial charge in [0.05, 0.1) is 5.02 Å². The van der Waals surface area contributed by atoms with Gasteiger partial charge in [0.2, 0.25) is 0 Å². The van der Waals surface area contributed by atoms with Crippen LogP contribution in [0.2, 0.25) is 5.02 Å². The monoisotopic (exact) mass is 158 g/mol. The first-order valence-corrected chi connectivity index (χ1v) is 3.05. The van der Waals surface area contributed by atoms with Crippen molar-refractivity contribution in [2.75, 3.05) is 5.73 Å². The maximum atomic E-state index is 12.5. The molecule has 1 aromatic carbocycles. The number of nitrogens with two attached hydrogens (primary N) is 1. The van der Waals surface area contributed by atoms with Gasteiger partial charge in [-0.25, -0.2) is 4.39 Å². The third kappa shape index (κ3) is 1.21. The van der Waals surface area contributed by atoms with Crippen LogP contribution in [0.3, 0.4) is 0 Å². The number of hydrogen-bond donors (Lipinski definition) is 1. The van der Waals surface area contributed by atoms with E-state index in [0.29, 0.717) is 11.3 Å². The Morgan fingerprint density at radius 3 is 2.60 bits per heavy atom. The maximum Gasteiger partial charge on any atom is 0.142 e. The molecule has 0 aromatic heterocycles. The van der Waals surface area contributed by atoms with E-state index in [1.165, 1.54) is 12.1 Å². The summed E-state index contributed by atoms with van der Waals surface area (Å²) in [5.74, 6) is -0.485. The van der Waals surface area contributed by atoms with Crippen molar-refractivity contribution in [3.8, 4) is 0 Å². The fourth-order valence-electron chi connectivity index (χ4n) is 0.603. The first-order chi connectivity index (χ1) is 4.61. The second-order valence-corrected chi connectivity index (χ2v) is 2.37. The van der Waals surface area contributed by atoms with Gasteiger partial charge in [0.25, 0.3) is 0 Å². The highest BCUT2D eigenvalue weighted by Crippen LogP contribution is 2.20. The SMILES string of the molecule is [CH2]c1cc(F)c(Cl)cc1N. The highest BCUT2D eigenvalue weighted by atomic mass is 35.5. The highest BCUT2D eigenvalue weighted by molar-refractivity contribution is 6.31. The molecule has 0 fully saturated rings. The first kappa shape index (κ1) is 7.35. The van der Waals surface area contributed by atoms with Gasteiger partial charge >= 0.3 is 0 Å². The van der Waals surface area contributed by atoms with E-state index in [0.717, 1.165) is 0 Å². The minimum Gasteiger partial charge on any atom is -0.398 e. The summed E-state index contributed by atoms with van der Waals surface area (Å²) in [5.41, 5.74) is 6.24. The quantitative estimate of drug-likeness (QED) is 0.576. The van der Waals surface area contributed by atoms with Gasteiger partial charge in [-0.1, -0.05) is 11.6 Å². The number of nitrogen functional groups attached to an aromatic ring is 1. The second-order valence-electron chi connectivity index (χ2n) is 1.97. The van der Waals surface area contributed by atoms with Gasteiger partial charge in [-0.3, -0.25) is 0 Å². The van der Waals surface area contributed by atoms with E-state index in [2.05, 4.69) is 6.92 Å². The molecule has 3 heteroatoms. The molecule has 0 aliphatic heterocycles. The van der Waals surface area contributed by atoms with E-state index < -0.39 is 5.82 Å². The Balaban J connectivity index is 3.28. The van der Waals surface area contributed by atoms with Gasteiger partial charge < -0.3 is 5.73 Å². The molecule has 0 spiro atoms. The smallest absolute Gasteiger partial charge is 0.142 e.